The highest BCUT2D eigenvalue weighted by Crippen LogP contribution is 2.37. The normalized spacial score (nSPS) is 17.5. The molecule has 0 heterocycles. The number of hydrogen-bond donors (Lipinski definition) is 1. The van der Waals surface area contributed by atoms with Crippen LogP contribution in [-0.2, 0) is 4.84 Å². The lowest BCUT2D eigenvalue weighted by atomic mass is 9.81. The molecule has 2 aromatic carbocycles. The molecule has 0 spiro atoms. The van der Waals surface area contributed by atoms with Gasteiger partial charge in [0, 0.05) is 23.2 Å². The van der Waals surface area contributed by atoms with Crippen LogP contribution in [0.2, 0.25) is 0 Å². The van der Waals surface area contributed by atoms with Gasteiger partial charge in [0.05, 0.1) is 21.6 Å². The molecule has 0 bridgehead atoms. The van der Waals surface area contributed by atoms with Gasteiger partial charge in [-0.05, 0) is 37.5 Å². The number of nitrogens with one attached hydrogen (secondary N) is 1. The Morgan fingerprint density at radius 2 is 1.83 bits per heavy atom. The first-order chi connectivity index (χ1) is 14.0. The molecule has 0 radical (unpaired) electrons. The van der Waals surface area contributed by atoms with Crippen LogP contribution in [0.1, 0.15) is 37.2 Å². The maximum atomic E-state index is 12.0. The van der Waals surface area contributed by atoms with E-state index >= 15 is 0 Å². The predicted octanol–water partition coefficient (Wildman–Crippen LogP) is 4.77. The lowest BCUT2D eigenvalue weighted by Gasteiger charge is -2.23. The molecule has 1 atom stereocenters. The van der Waals surface area contributed by atoms with E-state index in [2.05, 4.69) is 10.5 Å². The number of non-ortho nitro benzene ring substituents is 1. The molecule has 0 aliphatic heterocycles. The zero-order valence-corrected chi connectivity index (χ0v) is 15.3. The lowest BCUT2D eigenvalue weighted by molar-refractivity contribution is -0.394. The number of hydrogen-bond acceptors (Lipinski definition) is 7. The van der Waals surface area contributed by atoms with Crippen molar-refractivity contribution in [2.45, 2.75) is 31.6 Å². The van der Waals surface area contributed by atoms with Gasteiger partial charge in [-0.25, -0.2) is 4.79 Å². The topological polar surface area (TPSA) is 137 Å². The summed E-state index contributed by atoms with van der Waals surface area (Å²) in [5.74, 6) is -0.450. The van der Waals surface area contributed by atoms with Gasteiger partial charge in [-0.2, -0.15) is 0 Å². The third-order valence-electron chi connectivity index (χ3n) is 4.64. The SMILES string of the molecule is O=C(Nc1ccccc1)O/N=C1/CCCC[C@@H]1c1ccc([N+](=O)[O-])cc1[N+](=O)[O-]. The number of carbonyl (C=O) groups excluding carboxylic acids is 1. The minimum atomic E-state index is -0.772. The van der Waals surface area contributed by atoms with E-state index in [1.807, 2.05) is 0 Å². The van der Waals surface area contributed by atoms with Gasteiger partial charge >= 0.3 is 6.09 Å². The van der Waals surface area contributed by atoms with Crippen LogP contribution < -0.4 is 5.32 Å². The van der Waals surface area contributed by atoms with Crippen LogP contribution in [0.15, 0.2) is 53.7 Å². The molecule has 1 fully saturated rings. The van der Waals surface area contributed by atoms with Crippen molar-refractivity contribution in [3.8, 4) is 0 Å². The minimum Gasteiger partial charge on any atom is -0.298 e. The Balaban J connectivity index is 1.82. The molecule has 0 aromatic heterocycles. The summed E-state index contributed by atoms with van der Waals surface area (Å²) in [7, 11) is 0. The van der Waals surface area contributed by atoms with Gasteiger partial charge in [0.25, 0.3) is 11.4 Å². The van der Waals surface area contributed by atoms with Gasteiger partial charge in [0.1, 0.15) is 0 Å². The standard InChI is InChI=1S/C19H18N4O6/c24-19(20-13-6-2-1-3-7-13)29-21-17-9-5-4-8-15(17)16-11-10-14(22(25)26)12-18(16)23(27)28/h1-3,6-7,10-12,15H,4-5,8-9H2,(H,20,24)/b21-17-/t15-/m1/s1. The van der Waals surface area contributed by atoms with Gasteiger partial charge in [-0.15, -0.1) is 0 Å². The van der Waals surface area contributed by atoms with Crippen molar-refractivity contribution in [1.82, 2.24) is 0 Å². The van der Waals surface area contributed by atoms with Crippen molar-refractivity contribution in [1.29, 1.82) is 0 Å². The number of amides is 1. The molecule has 1 saturated carbocycles. The number of rotatable bonds is 5. The monoisotopic (exact) mass is 398 g/mol. The first kappa shape index (κ1) is 19.9. The first-order valence-corrected chi connectivity index (χ1v) is 8.98. The summed E-state index contributed by atoms with van der Waals surface area (Å²) in [6.07, 6.45) is 1.93. The summed E-state index contributed by atoms with van der Waals surface area (Å²) in [5, 5.41) is 28.9. The van der Waals surface area contributed by atoms with Gasteiger partial charge in [0.2, 0.25) is 0 Å². The van der Waals surface area contributed by atoms with Crippen LogP contribution in [0, 0.1) is 20.2 Å². The maximum Gasteiger partial charge on any atom is 0.437 e. The number of carbonyl (C=O) groups is 1. The third-order valence-corrected chi connectivity index (χ3v) is 4.64. The van der Waals surface area contributed by atoms with Crippen molar-refractivity contribution < 1.29 is 19.5 Å². The highest BCUT2D eigenvalue weighted by atomic mass is 16.7. The molecule has 3 rings (SSSR count). The fraction of sp³-hybridized carbons (Fsp3) is 0.263. The Hall–Kier alpha value is -3.82. The summed E-state index contributed by atoms with van der Waals surface area (Å²) in [4.78, 5) is 38.0. The molecule has 10 heteroatoms. The molecular weight excluding hydrogens is 380 g/mol. The van der Waals surface area contributed by atoms with E-state index in [0.29, 0.717) is 29.8 Å². The highest BCUT2D eigenvalue weighted by molar-refractivity contribution is 5.93. The Kier molecular flexibility index (Phi) is 6.12. The van der Waals surface area contributed by atoms with E-state index < -0.39 is 21.9 Å². The van der Waals surface area contributed by atoms with E-state index in [1.165, 1.54) is 12.1 Å². The third kappa shape index (κ3) is 4.92. The van der Waals surface area contributed by atoms with Crippen molar-refractivity contribution in [2.24, 2.45) is 5.16 Å². The minimum absolute atomic E-state index is 0.325. The molecule has 1 aliphatic rings. The molecule has 1 aliphatic carbocycles. The van der Waals surface area contributed by atoms with Crippen LogP contribution in [0.3, 0.4) is 0 Å². The zero-order valence-electron chi connectivity index (χ0n) is 15.3. The molecular formula is C19H18N4O6. The number of nitro benzene ring substituents is 2. The Morgan fingerprint density at radius 1 is 1.07 bits per heavy atom. The molecule has 2 aromatic rings. The van der Waals surface area contributed by atoms with E-state index in [0.717, 1.165) is 18.9 Å². The molecule has 10 nitrogen and oxygen atoms in total. The van der Waals surface area contributed by atoms with E-state index in [-0.39, 0.29) is 11.4 Å². The maximum absolute atomic E-state index is 12.0. The van der Waals surface area contributed by atoms with Crippen LogP contribution in [0.5, 0.6) is 0 Å². The number of nitrogens with zero attached hydrogens (tertiary/aromatic N) is 3. The summed E-state index contributed by atoms with van der Waals surface area (Å²) in [5.41, 5.74) is 0.673. The number of para-hydroxylation sites is 1. The Bertz CT molecular complexity index is 960. The van der Waals surface area contributed by atoms with Gasteiger partial charge in [0.15, 0.2) is 0 Å². The number of nitro groups is 2. The van der Waals surface area contributed by atoms with E-state index in [1.54, 1.807) is 30.3 Å². The molecule has 150 valence electrons. The Morgan fingerprint density at radius 3 is 2.52 bits per heavy atom. The summed E-state index contributed by atoms with van der Waals surface area (Å²) in [6, 6.07) is 12.3. The second kappa shape index (κ2) is 8.91. The summed E-state index contributed by atoms with van der Waals surface area (Å²) >= 11 is 0. The lowest BCUT2D eigenvalue weighted by Crippen LogP contribution is -2.20. The van der Waals surface area contributed by atoms with Crippen LogP contribution in [0.4, 0.5) is 21.9 Å². The van der Waals surface area contributed by atoms with Crippen molar-refractivity contribution in [3.05, 3.63) is 74.3 Å². The average molecular weight is 398 g/mol. The average Bonchev–Trinajstić information content (AvgIpc) is 2.72. The highest BCUT2D eigenvalue weighted by Gasteiger charge is 2.31. The quantitative estimate of drug-likeness (QED) is 0.438. The van der Waals surface area contributed by atoms with Crippen molar-refractivity contribution in [3.63, 3.8) is 0 Å². The van der Waals surface area contributed by atoms with Gasteiger partial charge in [-0.1, -0.05) is 29.8 Å². The fourth-order valence-electron chi connectivity index (χ4n) is 3.30. The van der Waals surface area contributed by atoms with Crippen molar-refractivity contribution >= 4 is 28.9 Å². The predicted molar refractivity (Wildman–Crippen MR) is 105 cm³/mol. The summed E-state index contributed by atoms with van der Waals surface area (Å²) < 4.78 is 0. The molecule has 0 unspecified atom stereocenters. The largest absolute Gasteiger partial charge is 0.437 e. The second-order valence-electron chi connectivity index (χ2n) is 6.51. The van der Waals surface area contributed by atoms with Crippen molar-refractivity contribution in [2.75, 3.05) is 5.32 Å². The zero-order chi connectivity index (χ0) is 20.8. The van der Waals surface area contributed by atoms with Crippen LogP contribution >= 0.6 is 0 Å². The van der Waals surface area contributed by atoms with Gasteiger partial charge < -0.3 is 0 Å². The number of anilines is 1. The van der Waals surface area contributed by atoms with Crippen LogP contribution in [0.25, 0.3) is 0 Å². The molecule has 29 heavy (non-hydrogen) atoms. The fourth-order valence-corrected chi connectivity index (χ4v) is 3.30. The molecule has 1 N–H and O–H groups in total. The van der Waals surface area contributed by atoms with Crippen LogP contribution in [-0.4, -0.2) is 21.7 Å². The van der Waals surface area contributed by atoms with Gasteiger partial charge in [-0.3, -0.25) is 30.4 Å². The number of benzene rings is 2. The summed E-state index contributed by atoms with van der Waals surface area (Å²) in [6.45, 7) is 0. The molecule has 0 saturated heterocycles. The Labute approximate surface area is 165 Å². The number of oxime groups is 1. The van der Waals surface area contributed by atoms with E-state index in [4.69, 9.17) is 4.84 Å². The first-order valence-electron chi connectivity index (χ1n) is 8.98. The van der Waals surface area contributed by atoms with E-state index in [9.17, 15) is 25.0 Å². The second-order valence-corrected chi connectivity index (χ2v) is 6.51. The molecule has 1 amide bonds. The smallest absolute Gasteiger partial charge is 0.298 e.